The number of carbonyl (C=O) groups is 3. The lowest BCUT2D eigenvalue weighted by molar-refractivity contribution is -0.143. The first kappa shape index (κ1) is 19.9. The Morgan fingerprint density at radius 3 is 2.24 bits per heavy atom. The van der Waals surface area contributed by atoms with Crippen LogP contribution in [-0.4, -0.2) is 58.9 Å². The third kappa shape index (κ3) is 4.16. The Morgan fingerprint density at radius 1 is 0.931 bits per heavy atom. The second-order valence-corrected chi connectivity index (χ2v) is 9.16. The molecule has 6 nitrogen and oxygen atoms in total. The summed E-state index contributed by atoms with van der Waals surface area (Å²) in [6.07, 6.45) is 3.73. The minimum absolute atomic E-state index is 0.0185. The molecule has 3 atom stereocenters. The van der Waals surface area contributed by atoms with Crippen molar-refractivity contribution in [1.29, 1.82) is 0 Å². The smallest absolute Gasteiger partial charge is 0.308 e. The zero-order valence-corrected chi connectivity index (χ0v) is 17.3. The largest absolute Gasteiger partial charge is 0.481 e. The molecule has 0 spiro atoms. The normalized spacial score (nSPS) is 27.2. The van der Waals surface area contributed by atoms with Crippen molar-refractivity contribution in [3.8, 4) is 0 Å². The van der Waals surface area contributed by atoms with Gasteiger partial charge in [0, 0.05) is 31.7 Å². The maximum Gasteiger partial charge on any atom is 0.308 e. The fraction of sp³-hybridized carbons (Fsp3) is 0.609. The number of aryl methyl sites for hydroxylation is 2. The number of hydrogen-bond acceptors (Lipinski definition) is 3. The van der Waals surface area contributed by atoms with E-state index in [0.717, 1.165) is 36.8 Å². The maximum atomic E-state index is 13.2. The van der Waals surface area contributed by atoms with Crippen molar-refractivity contribution in [2.45, 2.75) is 39.5 Å². The molecule has 29 heavy (non-hydrogen) atoms. The fourth-order valence-electron chi connectivity index (χ4n) is 5.17. The first-order valence-corrected chi connectivity index (χ1v) is 10.7. The number of rotatable bonds is 4. The lowest BCUT2D eigenvalue weighted by Gasteiger charge is -2.34. The molecule has 2 heterocycles. The van der Waals surface area contributed by atoms with Crippen molar-refractivity contribution < 1.29 is 19.5 Å². The van der Waals surface area contributed by atoms with E-state index in [1.807, 2.05) is 32.0 Å². The topological polar surface area (TPSA) is 77.9 Å². The van der Waals surface area contributed by atoms with Gasteiger partial charge in [0.1, 0.15) is 0 Å². The van der Waals surface area contributed by atoms with Gasteiger partial charge in [-0.05, 0) is 63.5 Å². The Labute approximate surface area is 171 Å². The van der Waals surface area contributed by atoms with Gasteiger partial charge in [-0.2, -0.15) is 0 Å². The van der Waals surface area contributed by atoms with E-state index in [-0.39, 0.29) is 23.7 Å². The van der Waals surface area contributed by atoms with E-state index in [0.29, 0.717) is 37.7 Å². The zero-order chi connectivity index (χ0) is 20.7. The molecule has 1 unspecified atom stereocenters. The van der Waals surface area contributed by atoms with Crippen molar-refractivity contribution in [3.05, 3.63) is 34.9 Å². The van der Waals surface area contributed by atoms with Crippen LogP contribution in [0.1, 0.15) is 47.2 Å². The average Bonchev–Trinajstić information content (AvgIpc) is 3.44. The van der Waals surface area contributed by atoms with Crippen LogP contribution < -0.4 is 0 Å². The van der Waals surface area contributed by atoms with Gasteiger partial charge in [0.25, 0.3) is 5.91 Å². The van der Waals surface area contributed by atoms with Crippen LogP contribution in [-0.2, 0) is 9.59 Å². The van der Waals surface area contributed by atoms with Crippen LogP contribution >= 0.6 is 0 Å². The monoisotopic (exact) mass is 398 g/mol. The van der Waals surface area contributed by atoms with Crippen LogP contribution in [0, 0.1) is 37.5 Å². The predicted octanol–water partition coefficient (Wildman–Crippen LogP) is 2.72. The molecule has 1 aliphatic carbocycles. The summed E-state index contributed by atoms with van der Waals surface area (Å²) in [6.45, 7) is 5.92. The highest BCUT2D eigenvalue weighted by Crippen LogP contribution is 2.44. The number of carboxylic acid groups (broad SMARTS) is 1. The van der Waals surface area contributed by atoms with Gasteiger partial charge in [0.15, 0.2) is 0 Å². The molecule has 0 bridgehead atoms. The summed E-state index contributed by atoms with van der Waals surface area (Å²) in [7, 11) is 0. The Hall–Kier alpha value is -2.37. The van der Waals surface area contributed by atoms with Crippen LogP contribution in [0.5, 0.6) is 0 Å². The summed E-state index contributed by atoms with van der Waals surface area (Å²) in [4.78, 5) is 41.4. The van der Waals surface area contributed by atoms with E-state index in [1.165, 1.54) is 0 Å². The number of carboxylic acids is 1. The number of amides is 2. The predicted molar refractivity (Wildman–Crippen MR) is 108 cm³/mol. The van der Waals surface area contributed by atoms with Crippen molar-refractivity contribution in [2.75, 3.05) is 26.2 Å². The highest BCUT2D eigenvalue weighted by molar-refractivity contribution is 5.95. The van der Waals surface area contributed by atoms with Crippen molar-refractivity contribution in [2.24, 2.45) is 23.7 Å². The molecule has 0 radical (unpaired) electrons. The number of hydrogen-bond donors (Lipinski definition) is 1. The summed E-state index contributed by atoms with van der Waals surface area (Å²) in [5.74, 6) is -0.898. The third-order valence-corrected chi connectivity index (χ3v) is 6.75. The summed E-state index contributed by atoms with van der Waals surface area (Å²) < 4.78 is 0. The van der Waals surface area contributed by atoms with Gasteiger partial charge in [-0.1, -0.05) is 17.2 Å². The van der Waals surface area contributed by atoms with Crippen LogP contribution in [0.4, 0.5) is 0 Å². The Bertz CT molecular complexity index is 812. The quantitative estimate of drug-likeness (QED) is 0.846. The van der Waals surface area contributed by atoms with E-state index in [2.05, 4.69) is 0 Å². The van der Waals surface area contributed by atoms with E-state index in [4.69, 9.17) is 0 Å². The SMILES string of the molecule is Cc1cc(C)cc(C(=O)N2CCCC(C(=O)N3C[C@H](C(=O)O)[C@@H](C4CC4)C3)C2)c1. The molecule has 1 aromatic rings. The number of piperidine rings is 1. The number of nitrogens with zero attached hydrogens (tertiary/aromatic N) is 2. The molecule has 2 amide bonds. The Balaban J connectivity index is 1.43. The fourth-order valence-corrected chi connectivity index (χ4v) is 5.17. The molecule has 2 aliphatic heterocycles. The van der Waals surface area contributed by atoms with Gasteiger partial charge >= 0.3 is 5.97 Å². The van der Waals surface area contributed by atoms with Gasteiger partial charge in [0.05, 0.1) is 11.8 Å². The molecule has 156 valence electrons. The number of likely N-dealkylation sites (tertiary alicyclic amines) is 2. The third-order valence-electron chi connectivity index (χ3n) is 6.75. The van der Waals surface area contributed by atoms with Crippen LogP contribution in [0.25, 0.3) is 0 Å². The molecule has 0 aromatic heterocycles. The van der Waals surface area contributed by atoms with Gasteiger partial charge in [-0.3, -0.25) is 14.4 Å². The molecule has 1 aromatic carbocycles. The molecule has 4 rings (SSSR count). The molecule has 6 heteroatoms. The molecular formula is C23H30N2O4. The second-order valence-electron chi connectivity index (χ2n) is 9.16. The Kier molecular flexibility index (Phi) is 5.36. The van der Waals surface area contributed by atoms with Gasteiger partial charge in [-0.25, -0.2) is 0 Å². The van der Waals surface area contributed by atoms with E-state index < -0.39 is 11.9 Å². The van der Waals surface area contributed by atoms with Crippen molar-refractivity contribution in [3.63, 3.8) is 0 Å². The minimum Gasteiger partial charge on any atom is -0.481 e. The highest BCUT2D eigenvalue weighted by atomic mass is 16.4. The molecule has 2 saturated heterocycles. The molecule has 1 saturated carbocycles. The lowest BCUT2D eigenvalue weighted by atomic mass is 9.92. The lowest BCUT2D eigenvalue weighted by Crippen LogP contribution is -2.46. The number of carbonyl (C=O) groups excluding carboxylic acids is 2. The second kappa shape index (κ2) is 7.81. The van der Waals surface area contributed by atoms with Gasteiger partial charge in [0.2, 0.25) is 5.91 Å². The van der Waals surface area contributed by atoms with Crippen molar-refractivity contribution in [1.82, 2.24) is 9.80 Å². The number of benzene rings is 1. The first-order chi connectivity index (χ1) is 13.8. The summed E-state index contributed by atoms with van der Waals surface area (Å²) in [6, 6.07) is 5.85. The summed E-state index contributed by atoms with van der Waals surface area (Å²) >= 11 is 0. The summed E-state index contributed by atoms with van der Waals surface area (Å²) in [5, 5.41) is 9.57. The minimum atomic E-state index is -0.785. The van der Waals surface area contributed by atoms with E-state index >= 15 is 0 Å². The van der Waals surface area contributed by atoms with Crippen molar-refractivity contribution >= 4 is 17.8 Å². The van der Waals surface area contributed by atoms with Crippen LogP contribution in [0.2, 0.25) is 0 Å². The average molecular weight is 399 g/mol. The molecule has 3 fully saturated rings. The zero-order valence-electron chi connectivity index (χ0n) is 17.3. The van der Waals surface area contributed by atoms with Gasteiger partial charge in [-0.15, -0.1) is 0 Å². The maximum absolute atomic E-state index is 13.2. The Morgan fingerprint density at radius 2 is 1.62 bits per heavy atom. The standard InChI is InChI=1S/C23H30N2O4/c1-14-8-15(2)10-18(9-14)22(27)24-7-3-4-17(11-24)21(26)25-12-19(16-5-6-16)20(13-25)23(28)29/h8-10,16-17,19-20H,3-7,11-13H2,1-2H3,(H,28,29)/t17?,19-,20+/m1/s1. The summed E-state index contributed by atoms with van der Waals surface area (Å²) in [5.41, 5.74) is 2.79. The van der Waals surface area contributed by atoms with E-state index in [9.17, 15) is 19.5 Å². The highest BCUT2D eigenvalue weighted by Gasteiger charge is 2.47. The molecule has 3 aliphatic rings. The molecule has 1 N–H and O–H groups in total. The van der Waals surface area contributed by atoms with Crippen LogP contribution in [0.3, 0.4) is 0 Å². The number of aliphatic carboxylic acids is 1. The van der Waals surface area contributed by atoms with E-state index in [1.54, 1.807) is 9.80 Å². The first-order valence-electron chi connectivity index (χ1n) is 10.7. The molecular weight excluding hydrogens is 368 g/mol. The van der Waals surface area contributed by atoms with Crippen LogP contribution in [0.15, 0.2) is 18.2 Å². The van der Waals surface area contributed by atoms with Gasteiger partial charge < -0.3 is 14.9 Å².